The highest BCUT2D eigenvalue weighted by Crippen LogP contribution is 2.51. The minimum atomic E-state index is -0.454. The number of halogens is 3. The van der Waals surface area contributed by atoms with Crippen LogP contribution in [-0.4, -0.2) is 61.3 Å². The number of aromatic nitrogens is 6. The van der Waals surface area contributed by atoms with Crippen LogP contribution in [0.1, 0.15) is 77.6 Å². The molecule has 8 heterocycles. The summed E-state index contributed by atoms with van der Waals surface area (Å²) in [5, 5.41) is 2.21. The second-order valence-corrected chi connectivity index (χ2v) is 22.5. The van der Waals surface area contributed by atoms with Gasteiger partial charge in [0.2, 0.25) is 5.95 Å². The number of hydrogen-bond donors (Lipinski definition) is 1. The number of fused-ring (bicyclic) bond motifs is 4. The van der Waals surface area contributed by atoms with Crippen LogP contribution in [0.5, 0.6) is 0 Å². The van der Waals surface area contributed by atoms with E-state index < -0.39 is 18.3 Å². The van der Waals surface area contributed by atoms with Gasteiger partial charge in [-0.2, -0.15) is 0 Å². The van der Waals surface area contributed by atoms with E-state index in [-0.39, 0.29) is 28.4 Å². The Labute approximate surface area is 441 Å². The summed E-state index contributed by atoms with van der Waals surface area (Å²) in [7, 11) is -0.454. The summed E-state index contributed by atoms with van der Waals surface area (Å²) in [4.78, 5) is 31.8. The van der Waals surface area contributed by atoms with E-state index in [0.717, 1.165) is 91.5 Å². The highest BCUT2D eigenvalue weighted by molar-refractivity contribution is 6.62. The van der Waals surface area contributed by atoms with E-state index in [4.69, 9.17) is 36.6 Å². The largest absolute Gasteiger partial charge is 0.494 e. The maximum Gasteiger partial charge on any atom is 0.494 e. The molecule has 12 rings (SSSR count). The van der Waals surface area contributed by atoms with Crippen LogP contribution in [0.3, 0.4) is 0 Å². The van der Waals surface area contributed by atoms with E-state index in [9.17, 15) is 8.78 Å². The second-order valence-electron chi connectivity index (χ2n) is 22.1. The van der Waals surface area contributed by atoms with Gasteiger partial charge in [-0.3, -0.25) is 9.97 Å². The van der Waals surface area contributed by atoms with E-state index in [1.165, 1.54) is 41.6 Å². The minimum Gasteiger partial charge on any atom is -0.399 e. The van der Waals surface area contributed by atoms with Gasteiger partial charge in [0.05, 0.1) is 73.3 Å². The first-order valence-electron chi connectivity index (χ1n) is 25.1. The predicted octanol–water partition coefficient (Wildman–Crippen LogP) is 13.3. The highest BCUT2D eigenvalue weighted by Gasteiger charge is 2.52. The van der Waals surface area contributed by atoms with Gasteiger partial charge in [-0.15, -0.1) is 0 Å². The molecule has 3 aliphatic rings. The van der Waals surface area contributed by atoms with Crippen molar-refractivity contribution >= 4 is 74.7 Å². The molecule has 0 aliphatic carbocycles. The van der Waals surface area contributed by atoms with E-state index in [1.807, 2.05) is 55.5 Å². The van der Waals surface area contributed by atoms with Crippen molar-refractivity contribution in [3.05, 3.63) is 167 Å². The number of hydrogen-bond acceptors (Lipinski definition) is 11. The molecule has 5 aromatic heterocycles. The molecule has 0 amide bonds. The van der Waals surface area contributed by atoms with Crippen LogP contribution < -0.4 is 21.0 Å². The van der Waals surface area contributed by atoms with Crippen molar-refractivity contribution in [3.63, 3.8) is 0 Å². The number of nitrogen functional groups attached to an aromatic ring is 1. The summed E-state index contributed by atoms with van der Waals surface area (Å²) >= 11 is 6.45. The Bertz CT molecular complexity index is 3730. The summed E-state index contributed by atoms with van der Waals surface area (Å²) < 4.78 is 41.5. The first-order chi connectivity index (χ1) is 35.6. The Morgan fingerprint density at radius 3 is 1.56 bits per heavy atom. The van der Waals surface area contributed by atoms with Crippen LogP contribution in [0.4, 0.5) is 37.5 Å². The molecule has 0 saturated carbocycles. The third-order valence-electron chi connectivity index (χ3n) is 15.4. The summed E-state index contributed by atoms with van der Waals surface area (Å²) in [6.07, 6.45) is 5.02. The maximum atomic E-state index is 14.4. The van der Waals surface area contributed by atoms with Gasteiger partial charge in [-0.05, 0) is 119 Å². The lowest BCUT2D eigenvalue weighted by atomic mass is 9.77. The molecule has 75 heavy (non-hydrogen) atoms. The second kappa shape index (κ2) is 18.2. The average molecular weight is 1020 g/mol. The lowest BCUT2D eigenvalue weighted by Crippen LogP contribution is -2.41. The van der Waals surface area contributed by atoms with Crippen LogP contribution >= 0.6 is 11.6 Å². The summed E-state index contributed by atoms with van der Waals surface area (Å²) in [5.74, 6) is -0.478. The Morgan fingerprint density at radius 2 is 1.07 bits per heavy atom. The quantitative estimate of drug-likeness (QED) is 0.160. The number of anilines is 5. The van der Waals surface area contributed by atoms with Crippen LogP contribution in [0.25, 0.3) is 55.8 Å². The van der Waals surface area contributed by atoms with Crippen molar-refractivity contribution < 1.29 is 18.1 Å². The zero-order valence-electron chi connectivity index (χ0n) is 43.7. The normalized spacial score (nSPS) is 16.8. The van der Waals surface area contributed by atoms with Crippen LogP contribution in [0, 0.1) is 25.5 Å². The first-order valence-corrected chi connectivity index (χ1v) is 25.5. The Kier molecular flexibility index (Phi) is 12.1. The maximum absolute atomic E-state index is 14.4. The van der Waals surface area contributed by atoms with Crippen molar-refractivity contribution in [2.75, 3.05) is 28.6 Å². The number of benzene rings is 4. The molecule has 1 saturated heterocycles. The zero-order chi connectivity index (χ0) is 52.9. The highest BCUT2D eigenvalue weighted by atomic mass is 35.5. The van der Waals surface area contributed by atoms with Gasteiger partial charge < -0.3 is 24.8 Å². The molecule has 0 atom stereocenters. The van der Waals surface area contributed by atoms with Crippen LogP contribution in [-0.2, 0) is 20.1 Å². The summed E-state index contributed by atoms with van der Waals surface area (Å²) in [6, 6.07) is 33.9. The molecule has 0 unspecified atom stereocenters. The Balaban J connectivity index is 0.000000161. The fraction of sp³-hybridized carbons (Fsp3) is 0.267. The lowest BCUT2D eigenvalue weighted by Gasteiger charge is -2.32. The number of nitrogens with two attached hydrogens (primary N) is 1. The molecule has 1 fully saturated rings. The Morgan fingerprint density at radius 1 is 0.573 bits per heavy atom. The Hall–Kier alpha value is -7.39. The molecular weight excluding hydrogens is 963 g/mol. The standard InChI is InChI=1S/C31H33BFN3O2.C29H24ClFN6/c1-19-27(24-10-8-9-15-34-24)35-25-17-21(33)12-13-22(25)28(19)36-18-29(2,3)23-14-11-20(16-26(23)36)32-37-30(4,5)31(6,7)38-32;1-16-25(22-6-4-5-11-33-22)35-23-13-18(31)8-9-19(23)27(16)37-15-29(2,3)20-10-7-17(12-24(20)37)26-21(30)14-34-28(32)36-26/h8-17H,18H2,1-7H3;4-14H,15H2,1-3H3,(H2,32,34,36). The van der Waals surface area contributed by atoms with Crippen molar-refractivity contribution in [1.82, 2.24) is 29.9 Å². The molecule has 0 radical (unpaired) electrons. The molecule has 3 aliphatic heterocycles. The molecular formula is C60H57BClF2N9O2. The van der Waals surface area contributed by atoms with Crippen LogP contribution in [0.15, 0.2) is 128 Å². The van der Waals surface area contributed by atoms with Crippen molar-refractivity contribution in [3.8, 4) is 34.0 Å². The van der Waals surface area contributed by atoms with E-state index in [2.05, 4.69) is 122 Å². The van der Waals surface area contributed by atoms with Gasteiger partial charge in [0.15, 0.2) is 0 Å². The first kappa shape index (κ1) is 49.8. The number of pyridine rings is 4. The van der Waals surface area contributed by atoms with E-state index >= 15 is 0 Å². The average Bonchev–Trinajstić information content (AvgIpc) is 3.92. The van der Waals surface area contributed by atoms with Gasteiger partial charge in [0.1, 0.15) is 11.6 Å². The molecule has 4 aromatic carbocycles. The number of rotatable bonds is 6. The third-order valence-corrected chi connectivity index (χ3v) is 15.7. The topological polar surface area (TPSA) is 128 Å². The molecule has 11 nitrogen and oxygen atoms in total. The molecule has 15 heteroatoms. The van der Waals surface area contributed by atoms with Gasteiger partial charge >= 0.3 is 7.12 Å². The smallest absolute Gasteiger partial charge is 0.399 e. The van der Waals surface area contributed by atoms with Gasteiger partial charge in [-0.1, -0.05) is 75.7 Å². The van der Waals surface area contributed by atoms with E-state index in [1.54, 1.807) is 18.5 Å². The molecule has 378 valence electrons. The summed E-state index contributed by atoms with van der Waals surface area (Å²) in [5.41, 5.74) is 19.9. The fourth-order valence-electron chi connectivity index (χ4n) is 10.9. The SMILES string of the molecule is Cc1c(-c2ccccn2)nc2cc(F)ccc2c1N1CC(C)(C)c2ccc(-c3nc(N)ncc3Cl)cc21.Cc1c(-c2ccccn2)nc2cc(F)ccc2c1N1CC(C)(C)c2ccc(B3OC(C)(C)C(C)(C)O3)cc21. The van der Waals surface area contributed by atoms with Gasteiger partial charge in [0, 0.05) is 87.3 Å². The van der Waals surface area contributed by atoms with E-state index in [0.29, 0.717) is 21.7 Å². The zero-order valence-corrected chi connectivity index (χ0v) is 44.5. The lowest BCUT2D eigenvalue weighted by molar-refractivity contribution is 0.00578. The van der Waals surface area contributed by atoms with Crippen molar-refractivity contribution in [2.45, 2.75) is 91.3 Å². The number of nitrogens with zero attached hydrogens (tertiary/aromatic N) is 8. The molecule has 0 spiro atoms. The molecule has 0 bridgehead atoms. The molecule has 2 N–H and O–H groups in total. The van der Waals surface area contributed by atoms with Crippen molar-refractivity contribution in [1.29, 1.82) is 0 Å². The minimum absolute atomic E-state index is 0.100. The summed E-state index contributed by atoms with van der Waals surface area (Å²) in [6.45, 7) is 22.9. The third kappa shape index (κ3) is 8.72. The van der Waals surface area contributed by atoms with Crippen LogP contribution in [0.2, 0.25) is 5.02 Å². The fourth-order valence-corrected chi connectivity index (χ4v) is 11.1. The van der Waals surface area contributed by atoms with Gasteiger partial charge in [0.25, 0.3) is 0 Å². The monoisotopic (exact) mass is 1020 g/mol. The predicted molar refractivity (Wildman–Crippen MR) is 298 cm³/mol. The van der Waals surface area contributed by atoms with Gasteiger partial charge in [-0.25, -0.2) is 28.7 Å². The molecule has 9 aromatic rings. The van der Waals surface area contributed by atoms with Crippen molar-refractivity contribution in [2.24, 2.45) is 0 Å².